The fourth-order valence-corrected chi connectivity index (χ4v) is 2.70. The summed E-state index contributed by atoms with van der Waals surface area (Å²) in [4.78, 5) is 21.4. The van der Waals surface area contributed by atoms with Crippen molar-refractivity contribution >= 4 is 22.5 Å². The normalized spacial score (nSPS) is 11.4. The molecule has 2 heterocycles. The Morgan fingerprint density at radius 2 is 2.11 bits per heavy atom. The molecule has 0 radical (unpaired) electrons. The average Bonchev–Trinajstić information content (AvgIpc) is 2.95. The second-order valence-corrected chi connectivity index (χ2v) is 6.22. The highest BCUT2D eigenvalue weighted by molar-refractivity contribution is 5.76. The molecule has 1 aromatic carbocycles. The molecule has 2 N–H and O–H groups in total. The Bertz CT molecular complexity index is 986. The third-order valence-electron chi connectivity index (χ3n) is 4.20. The molecule has 144 valence electrons. The number of nitrogens with one attached hydrogen (secondary N) is 2. The van der Waals surface area contributed by atoms with Gasteiger partial charge in [-0.15, -0.1) is 0 Å². The van der Waals surface area contributed by atoms with Crippen molar-refractivity contribution in [2.75, 3.05) is 39.2 Å². The van der Waals surface area contributed by atoms with Gasteiger partial charge in [-0.3, -0.25) is 4.57 Å². The maximum Gasteiger partial charge on any atom is 0.327 e. The number of hydrogen-bond acceptors (Lipinski definition) is 5. The smallest absolute Gasteiger partial charge is 0.327 e. The second-order valence-electron chi connectivity index (χ2n) is 6.22. The summed E-state index contributed by atoms with van der Waals surface area (Å²) in [5.41, 5.74) is 1.40. The van der Waals surface area contributed by atoms with E-state index in [0.717, 1.165) is 18.7 Å². The van der Waals surface area contributed by atoms with Crippen LogP contribution in [0.5, 0.6) is 0 Å². The van der Waals surface area contributed by atoms with Crippen molar-refractivity contribution in [3.8, 4) is 0 Å². The van der Waals surface area contributed by atoms with Gasteiger partial charge in [0.05, 0.1) is 29.7 Å². The SMILES string of the molecule is COCCN(C)CCn1c(=O)[nH]c2cc(Nc3ccc(F)cc3F)cnc21. The number of hydrogen-bond donors (Lipinski definition) is 2. The summed E-state index contributed by atoms with van der Waals surface area (Å²) in [6.07, 6.45) is 1.50. The number of benzene rings is 1. The van der Waals surface area contributed by atoms with Crippen molar-refractivity contribution < 1.29 is 13.5 Å². The minimum absolute atomic E-state index is 0.124. The van der Waals surface area contributed by atoms with Gasteiger partial charge in [0.15, 0.2) is 5.65 Å². The summed E-state index contributed by atoms with van der Waals surface area (Å²) in [5, 5.41) is 2.84. The molecule has 0 bridgehead atoms. The van der Waals surface area contributed by atoms with Crippen LogP contribution in [-0.2, 0) is 11.3 Å². The van der Waals surface area contributed by atoms with E-state index in [1.54, 1.807) is 17.7 Å². The first-order valence-corrected chi connectivity index (χ1v) is 8.46. The van der Waals surface area contributed by atoms with Gasteiger partial charge in [-0.05, 0) is 25.2 Å². The monoisotopic (exact) mass is 377 g/mol. The first-order valence-electron chi connectivity index (χ1n) is 8.46. The van der Waals surface area contributed by atoms with Gasteiger partial charge in [0.1, 0.15) is 11.6 Å². The maximum absolute atomic E-state index is 13.8. The van der Waals surface area contributed by atoms with Crippen molar-refractivity contribution in [3.05, 3.63) is 52.6 Å². The van der Waals surface area contributed by atoms with Crippen LogP contribution in [0.3, 0.4) is 0 Å². The number of rotatable bonds is 8. The van der Waals surface area contributed by atoms with Gasteiger partial charge >= 0.3 is 5.69 Å². The Morgan fingerprint density at radius 3 is 2.85 bits per heavy atom. The van der Waals surface area contributed by atoms with Crippen molar-refractivity contribution in [2.45, 2.75) is 6.54 Å². The fraction of sp³-hybridized carbons (Fsp3) is 0.333. The van der Waals surface area contributed by atoms with Gasteiger partial charge < -0.3 is 19.9 Å². The maximum atomic E-state index is 13.8. The first kappa shape index (κ1) is 19.0. The largest absolute Gasteiger partial charge is 0.383 e. The number of pyridine rings is 1. The van der Waals surface area contributed by atoms with Crippen molar-refractivity contribution in [1.29, 1.82) is 0 Å². The highest BCUT2D eigenvalue weighted by Gasteiger charge is 2.11. The molecule has 3 aromatic rings. The predicted molar refractivity (Wildman–Crippen MR) is 99.4 cm³/mol. The van der Waals surface area contributed by atoms with Crippen LogP contribution in [0.25, 0.3) is 11.2 Å². The Morgan fingerprint density at radius 1 is 1.30 bits per heavy atom. The zero-order valence-corrected chi connectivity index (χ0v) is 15.1. The van der Waals surface area contributed by atoms with E-state index in [1.807, 2.05) is 7.05 Å². The molecule has 0 atom stereocenters. The van der Waals surface area contributed by atoms with Crippen LogP contribution in [0.15, 0.2) is 35.3 Å². The van der Waals surface area contributed by atoms with Crippen molar-refractivity contribution in [3.63, 3.8) is 0 Å². The zero-order valence-electron chi connectivity index (χ0n) is 15.1. The summed E-state index contributed by atoms with van der Waals surface area (Å²) in [6.45, 7) is 2.52. The van der Waals surface area contributed by atoms with Gasteiger partial charge in [0.25, 0.3) is 0 Å². The molecule has 0 aliphatic carbocycles. The van der Waals surface area contributed by atoms with Crippen LogP contribution in [0.4, 0.5) is 20.2 Å². The zero-order chi connectivity index (χ0) is 19.4. The van der Waals surface area contributed by atoms with E-state index in [2.05, 4.69) is 20.2 Å². The van der Waals surface area contributed by atoms with Crippen molar-refractivity contribution in [2.24, 2.45) is 0 Å². The molecule has 0 saturated heterocycles. The second kappa shape index (κ2) is 8.28. The van der Waals surface area contributed by atoms with Crippen LogP contribution in [-0.4, -0.2) is 53.3 Å². The van der Waals surface area contributed by atoms with Crippen LogP contribution in [0.1, 0.15) is 0 Å². The number of H-pyrrole nitrogens is 1. The van der Waals surface area contributed by atoms with Crippen LogP contribution in [0.2, 0.25) is 0 Å². The number of methoxy groups -OCH3 is 1. The molecule has 7 nitrogen and oxygen atoms in total. The highest BCUT2D eigenvalue weighted by atomic mass is 19.1. The number of nitrogens with zero attached hydrogens (tertiary/aromatic N) is 3. The fourth-order valence-electron chi connectivity index (χ4n) is 2.70. The summed E-state index contributed by atoms with van der Waals surface area (Å²) in [7, 11) is 3.59. The Labute approximate surface area is 154 Å². The molecule has 0 aliphatic heterocycles. The Kier molecular flexibility index (Phi) is 5.82. The lowest BCUT2D eigenvalue weighted by molar-refractivity contribution is 0.159. The molecule has 0 unspecified atom stereocenters. The summed E-state index contributed by atoms with van der Waals surface area (Å²) >= 11 is 0. The van der Waals surface area contributed by atoms with Gasteiger partial charge in [0.2, 0.25) is 0 Å². The van der Waals surface area contributed by atoms with E-state index in [4.69, 9.17) is 4.74 Å². The van der Waals surface area contributed by atoms with Gasteiger partial charge in [0, 0.05) is 32.8 Å². The molecule has 0 amide bonds. The lowest BCUT2D eigenvalue weighted by atomic mass is 10.2. The summed E-state index contributed by atoms with van der Waals surface area (Å²) in [5.74, 6) is -1.36. The molecule has 3 rings (SSSR count). The predicted octanol–water partition coefficient (Wildman–Crippen LogP) is 2.32. The summed E-state index contributed by atoms with van der Waals surface area (Å²) < 4.78 is 33.4. The molecule has 0 aliphatic rings. The number of fused-ring (bicyclic) bond motifs is 1. The van der Waals surface area contributed by atoms with E-state index < -0.39 is 11.6 Å². The molecular weight excluding hydrogens is 356 g/mol. The molecule has 9 heteroatoms. The molecule has 27 heavy (non-hydrogen) atoms. The number of ether oxygens (including phenoxy) is 1. The third-order valence-corrected chi connectivity index (χ3v) is 4.20. The van der Waals surface area contributed by atoms with Gasteiger partial charge in [-0.1, -0.05) is 0 Å². The quantitative estimate of drug-likeness (QED) is 0.630. The lowest BCUT2D eigenvalue weighted by Gasteiger charge is -2.15. The standard InChI is InChI=1S/C18H21F2N5O2/c1-24(7-8-27-2)5-6-25-17-16(23-18(25)26)10-13(11-21-17)22-15-4-3-12(19)9-14(15)20/h3-4,9-11,22H,5-8H2,1-2H3,(H,23,26). The van der Waals surface area contributed by atoms with Crippen LogP contribution >= 0.6 is 0 Å². The van der Waals surface area contributed by atoms with E-state index >= 15 is 0 Å². The van der Waals surface area contributed by atoms with E-state index in [9.17, 15) is 13.6 Å². The summed E-state index contributed by atoms with van der Waals surface area (Å²) in [6, 6.07) is 4.93. The van der Waals surface area contributed by atoms with Crippen LogP contribution in [0, 0.1) is 11.6 Å². The minimum atomic E-state index is -0.708. The average molecular weight is 377 g/mol. The molecular formula is C18H21F2N5O2. The number of likely N-dealkylation sites (N-methyl/N-ethyl adjacent to an activating group) is 1. The van der Waals surface area contributed by atoms with Gasteiger partial charge in [-0.25, -0.2) is 18.6 Å². The van der Waals surface area contributed by atoms with E-state index in [-0.39, 0.29) is 11.4 Å². The topological polar surface area (TPSA) is 75.2 Å². The number of halogens is 2. The molecule has 0 saturated carbocycles. The molecule has 0 fully saturated rings. The van der Waals surface area contributed by atoms with Crippen LogP contribution < -0.4 is 11.0 Å². The van der Waals surface area contributed by atoms with E-state index in [1.165, 1.54) is 12.3 Å². The van der Waals surface area contributed by atoms with E-state index in [0.29, 0.717) is 36.5 Å². The highest BCUT2D eigenvalue weighted by Crippen LogP contribution is 2.22. The number of aromatic nitrogens is 3. The minimum Gasteiger partial charge on any atom is -0.383 e. The number of anilines is 2. The number of imidazole rings is 1. The lowest BCUT2D eigenvalue weighted by Crippen LogP contribution is -2.29. The Balaban J connectivity index is 1.78. The number of aromatic amines is 1. The van der Waals surface area contributed by atoms with Crippen molar-refractivity contribution in [1.82, 2.24) is 19.4 Å². The molecule has 2 aromatic heterocycles. The third kappa shape index (κ3) is 4.50. The van der Waals surface area contributed by atoms with Gasteiger partial charge in [-0.2, -0.15) is 0 Å². The molecule has 0 spiro atoms. The Hall–Kier alpha value is -2.78. The first-order chi connectivity index (χ1) is 13.0.